The molecule has 1 aromatic carbocycles. The van der Waals surface area contributed by atoms with E-state index in [0.29, 0.717) is 42.0 Å². The fourth-order valence-corrected chi connectivity index (χ4v) is 8.45. The Morgan fingerprint density at radius 3 is 2.62 bits per heavy atom. The monoisotopic (exact) mass is 701 g/mol. The van der Waals surface area contributed by atoms with Crippen LogP contribution in [0.3, 0.4) is 0 Å². The number of hydrogen-bond acceptors (Lipinski definition) is 8. The first-order valence-corrected chi connectivity index (χ1v) is 18.0. The van der Waals surface area contributed by atoms with Crippen LogP contribution in [0.5, 0.6) is 5.88 Å². The number of benzene rings is 1. The number of alkyl halides is 2. The number of carbonyl (C=O) groups excluding carboxylic acids is 3. The molecule has 0 radical (unpaired) electrons. The van der Waals surface area contributed by atoms with Gasteiger partial charge in [0.1, 0.15) is 12.1 Å². The molecule has 6 rings (SSSR count). The van der Waals surface area contributed by atoms with Gasteiger partial charge in [0.25, 0.3) is 5.91 Å². The number of pyridine rings is 1. The van der Waals surface area contributed by atoms with Gasteiger partial charge < -0.3 is 29.6 Å². The maximum absolute atomic E-state index is 14.3. The molecule has 3 amide bonds. The van der Waals surface area contributed by atoms with E-state index in [9.17, 15) is 33.0 Å². The van der Waals surface area contributed by atoms with Crippen LogP contribution in [-0.4, -0.2) is 80.6 Å². The highest BCUT2D eigenvalue weighted by Crippen LogP contribution is 2.59. The Balaban J connectivity index is 1.19. The lowest BCUT2D eigenvalue weighted by Crippen LogP contribution is -2.56. The van der Waals surface area contributed by atoms with E-state index in [1.165, 1.54) is 19.2 Å². The first kappa shape index (κ1) is 33.9. The number of halogens is 2. The summed E-state index contributed by atoms with van der Waals surface area (Å²) in [5.74, 6) is -1.59. The van der Waals surface area contributed by atoms with Crippen LogP contribution >= 0.6 is 18.9 Å². The summed E-state index contributed by atoms with van der Waals surface area (Å²) >= 11 is 1.000. The van der Waals surface area contributed by atoms with E-state index in [2.05, 4.69) is 16.4 Å². The number of thiophene rings is 1. The number of likely N-dealkylation sites (tertiary alicyclic amines) is 1. The Kier molecular flexibility index (Phi) is 9.30. The molecule has 48 heavy (non-hydrogen) atoms. The van der Waals surface area contributed by atoms with Gasteiger partial charge in [0.05, 0.1) is 29.7 Å². The summed E-state index contributed by atoms with van der Waals surface area (Å²) in [5.41, 5.74) is -4.61. The molecule has 0 spiro atoms. The van der Waals surface area contributed by atoms with E-state index >= 15 is 0 Å². The van der Waals surface area contributed by atoms with E-state index in [1.54, 1.807) is 28.0 Å². The van der Waals surface area contributed by atoms with Crippen molar-refractivity contribution < 1.29 is 42.3 Å². The molecule has 1 unspecified atom stereocenters. The third kappa shape index (κ3) is 6.30. The van der Waals surface area contributed by atoms with Crippen LogP contribution in [0.2, 0.25) is 0 Å². The molecule has 2 aromatic heterocycles. The van der Waals surface area contributed by atoms with Gasteiger partial charge in [-0.3, -0.25) is 18.9 Å². The molecular formula is C32H34F2N5O7PS. The van der Waals surface area contributed by atoms with Crippen molar-refractivity contribution in [3.63, 3.8) is 0 Å². The van der Waals surface area contributed by atoms with E-state index in [-0.39, 0.29) is 47.1 Å². The highest BCUT2D eigenvalue weighted by Gasteiger charge is 2.51. The van der Waals surface area contributed by atoms with Crippen LogP contribution in [0.25, 0.3) is 10.1 Å². The van der Waals surface area contributed by atoms with Crippen molar-refractivity contribution in [1.29, 1.82) is 5.26 Å². The lowest BCUT2D eigenvalue weighted by Gasteiger charge is -2.36. The fourth-order valence-electron chi connectivity index (χ4n) is 7.02. The zero-order valence-electron chi connectivity index (χ0n) is 25.9. The van der Waals surface area contributed by atoms with Crippen molar-refractivity contribution in [2.24, 2.45) is 5.92 Å². The summed E-state index contributed by atoms with van der Waals surface area (Å²) in [6.07, 6.45) is 3.65. The maximum atomic E-state index is 14.3. The van der Waals surface area contributed by atoms with Crippen LogP contribution < -0.4 is 10.1 Å². The zero-order valence-corrected chi connectivity index (χ0v) is 27.6. The molecular weight excluding hydrogens is 667 g/mol. The second-order valence-corrected chi connectivity index (χ2v) is 15.2. The van der Waals surface area contributed by atoms with Crippen molar-refractivity contribution in [2.75, 3.05) is 20.2 Å². The molecule has 3 aromatic rings. The summed E-state index contributed by atoms with van der Waals surface area (Å²) in [5, 5.41) is 12.9. The molecule has 254 valence electrons. The fraction of sp³-hybridized carbons (Fsp3) is 0.469. The number of hydrogen-bond donors (Lipinski definition) is 3. The van der Waals surface area contributed by atoms with Crippen LogP contribution in [0.15, 0.2) is 42.5 Å². The molecule has 3 fully saturated rings. The smallest absolute Gasteiger partial charge is 0.399 e. The van der Waals surface area contributed by atoms with Crippen molar-refractivity contribution in [2.45, 2.75) is 68.2 Å². The van der Waals surface area contributed by atoms with Crippen LogP contribution in [-0.2, 0) is 19.8 Å². The molecule has 5 atom stereocenters. The second-order valence-electron chi connectivity index (χ2n) is 12.4. The Morgan fingerprint density at radius 2 is 1.90 bits per heavy atom. The third-order valence-electron chi connectivity index (χ3n) is 9.51. The summed E-state index contributed by atoms with van der Waals surface area (Å²) in [4.78, 5) is 67.6. The van der Waals surface area contributed by atoms with E-state index in [0.717, 1.165) is 36.3 Å². The zero-order chi connectivity index (χ0) is 34.4. The predicted octanol–water partition coefficient (Wildman–Crippen LogP) is 4.33. The maximum Gasteiger partial charge on any atom is 0.399 e. The Bertz CT molecular complexity index is 1840. The number of amides is 3. The number of fused-ring (bicyclic) bond motifs is 2. The number of aromatic nitrogens is 1. The molecule has 3 aliphatic heterocycles. The Hall–Kier alpha value is -3.96. The van der Waals surface area contributed by atoms with Gasteiger partial charge in [0.15, 0.2) is 0 Å². The molecule has 3 N–H and O–H groups in total. The summed E-state index contributed by atoms with van der Waals surface area (Å²) in [6.45, 7) is 0.477. The van der Waals surface area contributed by atoms with Crippen molar-refractivity contribution in [3.05, 3.63) is 58.6 Å². The molecule has 0 bridgehead atoms. The normalized spacial score (nSPS) is 24.9. The largest absolute Gasteiger partial charge is 0.481 e. The molecule has 12 nitrogen and oxygen atoms in total. The van der Waals surface area contributed by atoms with Crippen molar-refractivity contribution in [1.82, 2.24) is 20.1 Å². The van der Waals surface area contributed by atoms with Gasteiger partial charge in [-0.1, -0.05) is 25.0 Å². The average molecular weight is 702 g/mol. The van der Waals surface area contributed by atoms with E-state index in [1.807, 2.05) is 0 Å². The van der Waals surface area contributed by atoms with Crippen molar-refractivity contribution >= 4 is 46.7 Å². The van der Waals surface area contributed by atoms with Crippen LogP contribution in [0.1, 0.15) is 65.4 Å². The standard InChI is InChI=1S/C32H34F2N5O7PS/c1-46-28-8-4-7-23(36-28)22-17-38(16-19(22)15-35)31(42)25-11-10-21-5-2-3-6-24(30(41)39(21)25)37-29(40)27-14-18-13-20(9-12-26(18)48-27)32(33,34)47(43,44)45/h4,7-9,12-14,19,21-22,24-25H,2-3,5-6,10-11,16-17H2,1H3,(H,37,40)(H2,43,44,45)/t19-,21-,22?,24-,25-/m0/s1. The van der Waals surface area contributed by atoms with Gasteiger partial charge in [0, 0.05) is 41.4 Å². The molecule has 5 heterocycles. The molecule has 16 heteroatoms. The second kappa shape index (κ2) is 13.2. The first-order chi connectivity index (χ1) is 22.8. The topological polar surface area (TPSA) is 173 Å². The van der Waals surface area contributed by atoms with Crippen LogP contribution in [0.4, 0.5) is 8.78 Å². The number of ether oxygens (including phenoxy) is 1. The van der Waals surface area contributed by atoms with E-state index < -0.39 is 42.7 Å². The molecule has 3 aliphatic rings. The van der Waals surface area contributed by atoms with Crippen molar-refractivity contribution in [3.8, 4) is 11.9 Å². The van der Waals surface area contributed by atoms with Gasteiger partial charge in [-0.15, -0.1) is 11.3 Å². The minimum Gasteiger partial charge on any atom is -0.481 e. The van der Waals surface area contributed by atoms with Gasteiger partial charge in [-0.2, -0.15) is 14.0 Å². The lowest BCUT2D eigenvalue weighted by molar-refractivity contribution is -0.146. The molecule has 0 aliphatic carbocycles. The Morgan fingerprint density at radius 1 is 1.12 bits per heavy atom. The number of rotatable bonds is 7. The van der Waals surface area contributed by atoms with Crippen LogP contribution in [0, 0.1) is 17.2 Å². The Labute approximate surface area is 278 Å². The number of methoxy groups -OCH3 is 1. The van der Waals surface area contributed by atoms with E-state index in [4.69, 9.17) is 14.5 Å². The highest BCUT2D eigenvalue weighted by molar-refractivity contribution is 7.52. The summed E-state index contributed by atoms with van der Waals surface area (Å²) in [6, 6.07) is 10.2. The first-order valence-electron chi connectivity index (χ1n) is 15.6. The predicted molar refractivity (Wildman–Crippen MR) is 170 cm³/mol. The SMILES string of the molecule is COc1cccc(C2CN(C(=O)[C@@H]3CC[C@@H]4CCCC[C@H](NC(=O)c5cc6cc(C(F)(F)P(=O)(O)O)ccc6s5)C(=O)N43)C[C@@H]2C#N)n1. The number of nitrogens with zero attached hydrogens (tertiary/aromatic N) is 4. The van der Waals surface area contributed by atoms with Gasteiger partial charge in [-0.05, 0) is 55.3 Å². The number of nitrogens with one attached hydrogen (secondary N) is 1. The number of nitriles is 1. The molecule has 0 saturated carbocycles. The lowest BCUT2D eigenvalue weighted by atomic mass is 9.94. The number of carbonyl (C=O) groups is 3. The summed E-state index contributed by atoms with van der Waals surface area (Å²) < 4.78 is 45.7. The average Bonchev–Trinajstić information content (AvgIpc) is 3.80. The summed E-state index contributed by atoms with van der Waals surface area (Å²) in [7, 11) is -4.27. The highest BCUT2D eigenvalue weighted by atomic mass is 32.1. The third-order valence-corrected chi connectivity index (χ3v) is 11.6. The molecule has 3 saturated heterocycles. The minimum atomic E-state index is -5.77. The van der Waals surface area contributed by atoms with Gasteiger partial charge in [0.2, 0.25) is 17.7 Å². The van der Waals surface area contributed by atoms with Gasteiger partial charge in [-0.25, -0.2) is 4.98 Å². The van der Waals surface area contributed by atoms with Gasteiger partial charge >= 0.3 is 13.3 Å². The minimum absolute atomic E-state index is 0.138. The quantitative estimate of drug-likeness (QED) is 0.303.